The first-order chi connectivity index (χ1) is 12.9. The van der Waals surface area contributed by atoms with E-state index >= 15 is 0 Å². The van der Waals surface area contributed by atoms with Crippen molar-refractivity contribution in [2.45, 2.75) is 30.8 Å². The second-order valence-electron chi connectivity index (χ2n) is 6.16. The van der Waals surface area contributed by atoms with Crippen molar-refractivity contribution in [2.24, 2.45) is 0 Å². The Morgan fingerprint density at radius 1 is 1.00 bits per heavy atom. The van der Waals surface area contributed by atoms with E-state index in [0.29, 0.717) is 17.3 Å². The van der Waals surface area contributed by atoms with Gasteiger partial charge in [-0.2, -0.15) is 22.0 Å². The second-order valence-corrected chi connectivity index (χ2v) is 8.41. The molecule has 0 amide bonds. The third-order valence-corrected chi connectivity index (χ3v) is 6.24. The van der Waals surface area contributed by atoms with E-state index in [4.69, 9.17) is 0 Å². The molecule has 0 saturated heterocycles. The van der Waals surface area contributed by atoms with Gasteiger partial charge in [-0.15, -0.1) is 0 Å². The average Bonchev–Trinajstić information content (AvgIpc) is 3.07. The van der Waals surface area contributed by atoms with Gasteiger partial charge in [0.25, 0.3) is 0 Å². The lowest BCUT2D eigenvalue weighted by atomic mass is 10.0. The van der Waals surface area contributed by atoms with Crippen molar-refractivity contribution in [2.75, 3.05) is 5.75 Å². The fraction of sp³-hybridized carbons (Fsp3) is 0.278. The van der Waals surface area contributed by atoms with Crippen LogP contribution in [0.5, 0.6) is 0 Å². The van der Waals surface area contributed by atoms with Gasteiger partial charge in [0.05, 0.1) is 10.6 Å². The lowest BCUT2D eigenvalue weighted by molar-refractivity contribution is -0.290. The molecule has 0 aliphatic rings. The molecular formula is C18H15F5N2O2S. The third kappa shape index (κ3) is 3.15. The minimum Gasteiger partial charge on any atom is -0.303 e. The number of rotatable bonds is 4. The van der Waals surface area contributed by atoms with Crippen molar-refractivity contribution in [3.05, 3.63) is 54.0 Å². The first kappa shape index (κ1) is 20.2. The Balaban J connectivity index is 2.24. The highest BCUT2D eigenvalue weighted by molar-refractivity contribution is 7.91. The van der Waals surface area contributed by atoms with Crippen molar-refractivity contribution in [1.82, 2.24) is 9.38 Å². The Hall–Kier alpha value is -2.49. The van der Waals surface area contributed by atoms with Crippen LogP contribution in [0.15, 0.2) is 47.5 Å². The Labute approximate surface area is 157 Å². The Bertz CT molecular complexity index is 1150. The largest absolute Gasteiger partial charge is 0.459 e. The molecule has 4 nitrogen and oxygen atoms in total. The van der Waals surface area contributed by atoms with E-state index in [-0.39, 0.29) is 22.0 Å². The quantitative estimate of drug-likeness (QED) is 0.575. The zero-order chi connectivity index (χ0) is 20.9. The molecule has 0 aliphatic heterocycles. The van der Waals surface area contributed by atoms with Crippen molar-refractivity contribution < 1.29 is 30.4 Å². The number of aromatic nitrogens is 2. The molecule has 3 rings (SSSR count). The number of imidazole rings is 1. The number of hydrogen-bond donors (Lipinski definition) is 0. The van der Waals surface area contributed by atoms with Crippen molar-refractivity contribution in [3.63, 3.8) is 0 Å². The predicted molar refractivity (Wildman–Crippen MR) is 93.0 cm³/mol. The first-order valence-electron chi connectivity index (χ1n) is 8.16. The highest BCUT2D eigenvalue weighted by Crippen LogP contribution is 2.43. The maximum Gasteiger partial charge on any atom is 0.459 e. The van der Waals surface area contributed by atoms with Gasteiger partial charge in [-0.05, 0) is 25.1 Å². The molecule has 0 radical (unpaired) electrons. The van der Waals surface area contributed by atoms with Crippen molar-refractivity contribution in [3.8, 4) is 11.1 Å². The van der Waals surface area contributed by atoms with Gasteiger partial charge in [-0.25, -0.2) is 13.4 Å². The van der Waals surface area contributed by atoms with E-state index in [0.717, 1.165) is 4.40 Å². The Morgan fingerprint density at radius 3 is 2.25 bits per heavy atom. The number of pyridine rings is 1. The zero-order valence-corrected chi connectivity index (χ0v) is 15.6. The molecular weight excluding hydrogens is 403 g/mol. The van der Waals surface area contributed by atoms with Crippen LogP contribution in [0.4, 0.5) is 22.0 Å². The van der Waals surface area contributed by atoms with E-state index < -0.39 is 27.6 Å². The van der Waals surface area contributed by atoms with Gasteiger partial charge < -0.3 is 4.40 Å². The molecule has 28 heavy (non-hydrogen) atoms. The van der Waals surface area contributed by atoms with E-state index in [1.54, 1.807) is 18.2 Å². The minimum atomic E-state index is -5.77. The molecule has 0 atom stereocenters. The van der Waals surface area contributed by atoms with Crippen LogP contribution < -0.4 is 0 Å². The molecule has 0 saturated carbocycles. The molecule has 0 aliphatic carbocycles. The van der Waals surface area contributed by atoms with E-state index in [1.807, 2.05) is 0 Å². The number of hydrogen-bond acceptors (Lipinski definition) is 3. The lowest BCUT2D eigenvalue weighted by Gasteiger charge is -2.16. The van der Waals surface area contributed by atoms with Crippen LogP contribution in [0.3, 0.4) is 0 Å². The molecule has 2 heterocycles. The van der Waals surface area contributed by atoms with E-state index in [9.17, 15) is 30.4 Å². The summed E-state index contributed by atoms with van der Waals surface area (Å²) in [5, 5.41) is 0. The molecule has 0 spiro atoms. The monoisotopic (exact) mass is 418 g/mol. The van der Waals surface area contributed by atoms with Crippen LogP contribution in [-0.4, -0.2) is 29.7 Å². The number of nitrogens with zero attached hydrogens (tertiary/aromatic N) is 2. The fourth-order valence-corrected chi connectivity index (χ4v) is 4.00. The van der Waals surface area contributed by atoms with Crippen molar-refractivity contribution >= 4 is 15.5 Å². The number of halogens is 5. The van der Waals surface area contributed by atoms with Crippen LogP contribution in [0.1, 0.15) is 18.3 Å². The van der Waals surface area contributed by atoms with Crippen LogP contribution >= 0.6 is 0 Å². The van der Waals surface area contributed by atoms with Crippen molar-refractivity contribution in [1.29, 1.82) is 0 Å². The summed E-state index contributed by atoms with van der Waals surface area (Å²) in [6.45, 7) is 2.98. The summed E-state index contributed by atoms with van der Waals surface area (Å²) < 4.78 is 91.1. The summed E-state index contributed by atoms with van der Waals surface area (Å²) in [5.41, 5.74) is -0.514. The normalized spacial score (nSPS) is 13.2. The third-order valence-electron chi connectivity index (χ3n) is 4.45. The summed E-state index contributed by atoms with van der Waals surface area (Å²) in [7, 11) is -3.58. The maximum atomic E-state index is 13.6. The van der Waals surface area contributed by atoms with Gasteiger partial charge in [0.1, 0.15) is 11.3 Å². The average molecular weight is 418 g/mol. The summed E-state index contributed by atoms with van der Waals surface area (Å²) in [6.07, 6.45) is -5.15. The van der Waals surface area contributed by atoms with Gasteiger partial charge in [0.15, 0.2) is 9.84 Å². The number of fused-ring (bicyclic) bond motifs is 1. The molecule has 10 heteroatoms. The molecule has 3 aromatic rings. The molecule has 1 aromatic carbocycles. The number of benzene rings is 1. The van der Waals surface area contributed by atoms with Crippen LogP contribution in [-0.2, 0) is 15.8 Å². The molecule has 2 aromatic heterocycles. The molecule has 0 unspecified atom stereocenters. The van der Waals surface area contributed by atoms with Gasteiger partial charge in [0, 0.05) is 23.0 Å². The molecule has 150 valence electrons. The molecule has 0 N–H and O–H groups in total. The summed E-state index contributed by atoms with van der Waals surface area (Å²) in [4.78, 5) is 3.46. The topological polar surface area (TPSA) is 51.4 Å². The SMILES string of the molecule is CCS(=O)(=O)c1ccccc1-c1ccc2nc(C(F)(F)C(F)(F)F)cn2c1C. The highest BCUT2D eigenvalue weighted by atomic mass is 32.2. The predicted octanol–water partition coefficient (Wildman–Crippen LogP) is 4.76. The van der Waals surface area contributed by atoms with E-state index in [1.165, 1.54) is 32.0 Å². The number of sulfone groups is 1. The van der Waals surface area contributed by atoms with E-state index in [2.05, 4.69) is 4.98 Å². The van der Waals surface area contributed by atoms with Crippen LogP contribution in [0.2, 0.25) is 0 Å². The summed E-state index contributed by atoms with van der Waals surface area (Å²) in [6, 6.07) is 8.88. The van der Waals surface area contributed by atoms with Gasteiger partial charge in [0.2, 0.25) is 0 Å². The molecule has 0 fully saturated rings. The van der Waals surface area contributed by atoms with Crippen LogP contribution in [0, 0.1) is 6.92 Å². The number of alkyl halides is 5. The minimum absolute atomic E-state index is 0.0564. The zero-order valence-electron chi connectivity index (χ0n) is 14.8. The standard InChI is InChI=1S/C18H15F5N2O2S/c1-3-28(26,27)14-7-5-4-6-13(14)12-8-9-16-24-15(10-25(16)11(12)2)17(19,20)18(21,22)23/h4-10H,3H2,1-2H3. The maximum absolute atomic E-state index is 13.6. The Morgan fingerprint density at radius 2 is 1.64 bits per heavy atom. The second kappa shape index (κ2) is 6.54. The highest BCUT2D eigenvalue weighted by Gasteiger charge is 2.60. The van der Waals surface area contributed by atoms with Gasteiger partial charge >= 0.3 is 12.1 Å². The summed E-state index contributed by atoms with van der Waals surface area (Å²) in [5.74, 6) is -5.24. The van der Waals surface area contributed by atoms with Gasteiger partial charge in [-0.1, -0.05) is 25.1 Å². The van der Waals surface area contributed by atoms with Gasteiger partial charge in [-0.3, -0.25) is 0 Å². The number of aryl methyl sites for hydroxylation is 1. The summed E-state index contributed by atoms with van der Waals surface area (Å²) >= 11 is 0. The van der Waals surface area contributed by atoms with Crippen LogP contribution in [0.25, 0.3) is 16.8 Å². The fourth-order valence-electron chi connectivity index (χ4n) is 2.89. The Kier molecular flexibility index (Phi) is 4.73. The smallest absolute Gasteiger partial charge is 0.303 e. The first-order valence-corrected chi connectivity index (χ1v) is 9.81. The molecule has 0 bridgehead atoms. The lowest BCUT2D eigenvalue weighted by Crippen LogP contribution is -2.33.